The van der Waals surface area contributed by atoms with Crippen molar-refractivity contribution in [1.82, 2.24) is 10.1 Å². The minimum absolute atomic E-state index is 0.102. The molecule has 0 aliphatic heterocycles. The number of hydrogen-bond donors (Lipinski definition) is 1. The summed E-state index contributed by atoms with van der Waals surface area (Å²) in [4.78, 5) is 14.7. The molecule has 0 fully saturated rings. The highest BCUT2D eigenvalue weighted by atomic mass is 35.5. The number of carboxylic acids is 1. The van der Waals surface area contributed by atoms with E-state index >= 15 is 0 Å². The van der Waals surface area contributed by atoms with Gasteiger partial charge in [0, 0.05) is 5.56 Å². The maximum atomic E-state index is 10.8. The van der Waals surface area contributed by atoms with E-state index in [1.807, 2.05) is 0 Å². The highest BCUT2D eigenvalue weighted by Gasteiger charge is 2.15. The van der Waals surface area contributed by atoms with E-state index in [1.165, 1.54) is 6.07 Å². The molecule has 0 atom stereocenters. The normalized spacial score (nSPS) is 10.9. The first kappa shape index (κ1) is 12.9. The Hall–Kier alpha value is -2.11. The maximum Gasteiger partial charge on any atom is 0.354 e. The third-order valence-corrected chi connectivity index (χ3v) is 3.49. The minimum Gasteiger partial charge on any atom is -0.477 e. The molecule has 0 unspecified atom stereocenters. The number of fused-ring (bicyclic) bond motifs is 1. The van der Waals surface area contributed by atoms with E-state index < -0.39 is 5.97 Å². The van der Waals surface area contributed by atoms with Crippen LogP contribution in [0, 0.1) is 0 Å². The molecule has 2 heterocycles. The lowest BCUT2D eigenvalue weighted by atomic mass is 10.1. The Kier molecular flexibility index (Phi) is 3.08. The van der Waals surface area contributed by atoms with Gasteiger partial charge in [0.2, 0.25) is 0 Å². The number of nitrogens with zero attached hydrogens (tertiary/aromatic N) is 2. The van der Waals surface area contributed by atoms with Gasteiger partial charge in [0.15, 0.2) is 5.69 Å². The fraction of sp³-hybridized carbons (Fsp3) is 0. The van der Waals surface area contributed by atoms with Crippen molar-refractivity contribution in [2.45, 2.75) is 0 Å². The van der Waals surface area contributed by atoms with Crippen LogP contribution in [0.4, 0.5) is 0 Å². The molecule has 0 saturated heterocycles. The Balaban J connectivity index is 2.17. The van der Waals surface area contributed by atoms with Crippen molar-refractivity contribution >= 4 is 40.3 Å². The Labute approximate surface area is 122 Å². The van der Waals surface area contributed by atoms with Crippen LogP contribution in [0.1, 0.15) is 10.5 Å². The van der Waals surface area contributed by atoms with Crippen molar-refractivity contribution in [2.24, 2.45) is 0 Å². The van der Waals surface area contributed by atoms with Crippen LogP contribution in [0.25, 0.3) is 22.4 Å². The van der Waals surface area contributed by atoms with Gasteiger partial charge in [0.05, 0.1) is 15.4 Å². The zero-order valence-corrected chi connectivity index (χ0v) is 11.3. The van der Waals surface area contributed by atoms with Gasteiger partial charge in [-0.25, -0.2) is 9.78 Å². The van der Waals surface area contributed by atoms with Crippen molar-refractivity contribution in [3.63, 3.8) is 0 Å². The standard InChI is InChI=1S/C13H6Cl2N2O3/c14-8-3-1-6(5-9(8)15)11-7-2-4-10(13(18)19)16-12(7)20-17-11/h1-5H,(H,18,19). The van der Waals surface area contributed by atoms with E-state index in [4.69, 9.17) is 32.8 Å². The molecule has 100 valence electrons. The molecule has 3 aromatic rings. The average molecular weight is 309 g/mol. The van der Waals surface area contributed by atoms with E-state index in [0.29, 0.717) is 26.7 Å². The van der Waals surface area contributed by atoms with Crippen LogP contribution in [-0.4, -0.2) is 21.2 Å². The summed E-state index contributed by atoms with van der Waals surface area (Å²) in [5.74, 6) is -1.13. The number of halogens is 2. The SMILES string of the molecule is O=C(O)c1ccc2c(-c3ccc(Cl)c(Cl)c3)noc2n1. The van der Waals surface area contributed by atoms with Crippen LogP contribution >= 0.6 is 23.2 Å². The number of carboxylic acid groups (broad SMARTS) is 1. The zero-order valence-electron chi connectivity index (χ0n) is 9.80. The van der Waals surface area contributed by atoms with Crippen LogP contribution in [0.5, 0.6) is 0 Å². The molecule has 0 spiro atoms. The van der Waals surface area contributed by atoms with Gasteiger partial charge in [-0.3, -0.25) is 0 Å². The lowest BCUT2D eigenvalue weighted by Crippen LogP contribution is -1.98. The van der Waals surface area contributed by atoms with E-state index in [2.05, 4.69) is 10.1 Å². The number of benzene rings is 1. The lowest BCUT2D eigenvalue weighted by Gasteiger charge is -1.99. The summed E-state index contributed by atoms with van der Waals surface area (Å²) in [7, 11) is 0. The molecule has 0 amide bonds. The fourth-order valence-corrected chi connectivity index (χ4v) is 2.10. The van der Waals surface area contributed by atoms with E-state index in [-0.39, 0.29) is 11.4 Å². The second kappa shape index (κ2) is 4.77. The van der Waals surface area contributed by atoms with Crippen LogP contribution in [0.3, 0.4) is 0 Å². The Morgan fingerprint density at radius 1 is 1.15 bits per heavy atom. The van der Waals surface area contributed by atoms with Crippen molar-refractivity contribution in [3.05, 3.63) is 46.1 Å². The van der Waals surface area contributed by atoms with Gasteiger partial charge < -0.3 is 9.63 Å². The second-order valence-electron chi connectivity index (χ2n) is 4.01. The first-order valence-electron chi connectivity index (χ1n) is 5.51. The predicted octanol–water partition coefficient (Wildman–Crippen LogP) is 3.89. The van der Waals surface area contributed by atoms with E-state index in [1.54, 1.807) is 24.3 Å². The van der Waals surface area contributed by atoms with E-state index in [9.17, 15) is 4.79 Å². The van der Waals surface area contributed by atoms with Gasteiger partial charge in [-0.1, -0.05) is 34.4 Å². The maximum absolute atomic E-state index is 10.8. The molecule has 0 saturated carbocycles. The van der Waals surface area contributed by atoms with Crippen LogP contribution in [0.15, 0.2) is 34.9 Å². The first-order chi connectivity index (χ1) is 9.56. The van der Waals surface area contributed by atoms with Crippen molar-refractivity contribution in [3.8, 4) is 11.3 Å². The minimum atomic E-state index is -1.13. The summed E-state index contributed by atoms with van der Waals surface area (Å²) in [5.41, 5.74) is 1.30. The molecule has 20 heavy (non-hydrogen) atoms. The van der Waals surface area contributed by atoms with Gasteiger partial charge in [-0.05, 0) is 24.3 Å². The van der Waals surface area contributed by atoms with E-state index in [0.717, 1.165) is 0 Å². The second-order valence-corrected chi connectivity index (χ2v) is 4.83. The molecule has 1 aromatic carbocycles. The molecule has 5 nitrogen and oxygen atoms in total. The van der Waals surface area contributed by atoms with Gasteiger partial charge in [-0.2, -0.15) is 0 Å². The van der Waals surface area contributed by atoms with Gasteiger partial charge in [0.1, 0.15) is 5.69 Å². The third-order valence-electron chi connectivity index (χ3n) is 2.75. The number of aromatic carboxylic acids is 1. The summed E-state index contributed by atoms with van der Waals surface area (Å²) in [5, 5.41) is 14.2. The van der Waals surface area contributed by atoms with Crippen LogP contribution in [-0.2, 0) is 0 Å². The first-order valence-corrected chi connectivity index (χ1v) is 6.27. The molecular formula is C13H6Cl2N2O3. The van der Waals surface area contributed by atoms with Crippen LogP contribution in [0.2, 0.25) is 10.0 Å². The highest BCUT2D eigenvalue weighted by Crippen LogP contribution is 2.31. The van der Waals surface area contributed by atoms with Gasteiger partial charge in [0.25, 0.3) is 5.71 Å². The summed E-state index contributed by atoms with van der Waals surface area (Å²) in [6, 6.07) is 8.05. The largest absolute Gasteiger partial charge is 0.477 e. The molecule has 0 bridgehead atoms. The number of hydrogen-bond acceptors (Lipinski definition) is 4. The third kappa shape index (κ3) is 2.11. The van der Waals surface area contributed by atoms with Gasteiger partial charge in [-0.15, -0.1) is 0 Å². The smallest absolute Gasteiger partial charge is 0.354 e. The summed E-state index contributed by atoms with van der Waals surface area (Å²) in [6.07, 6.45) is 0. The number of carbonyl (C=O) groups is 1. The molecule has 2 aromatic heterocycles. The predicted molar refractivity (Wildman–Crippen MR) is 74.2 cm³/mol. The summed E-state index contributed by atoms with van der Waals surface area (Å²) >= 11 is 11.8. The molecule has 7 heteroatoms. The van der Waals surface area contributed by atoms with Gasteiger partial charge >= 0.3 is 5.97 Å². The molecule has 1 N–H and O–H groups in total. The number of rotatable bonds is 2. The molecule has 0 aliphatic carbocycles. The molecular weight excluding hydrogens is 303 g/mol. The van der Waals surface area contributed by atoms with Crippen molar-refractivity contribution in [1.29, 1.82) is 0 Å². The highest BCUT2D eigenvalue weighted by molar-refractivity contribution is 6.42. The molecule has 0 radical (unpaired) electrons. The van der Waals surface area contributed by atoms with Crippen molar-refractivity contribution < 1.29 is 14.4 Å². The van der Waals surface area contributed by atoms with Crippen LogP contribution < -0.4 is 0 Å². The van der Waals surface area contributed by atoms with Crippen molar-refractivity contribution in [2.75, 3.05) is 0 Å². The Morgan fingerprint density at radius 2 is 1.95 bits per heavy atom. The number of aromatic nitrogens is 2. The Morgan fingerprint density at radius 3 is 2.65 bits per heavy atom. The average Bonchev–Trinajstić information content (AvgIpc) is 2.84. The molecule has 3 rings (SSSR count). The number of pyridine rings is 1. The Bertz CT molecular complexity index is 830. The quantitative estimate of drug-likeness (QED) is 0.777. The lowest BCUT2D eigenvalue weighted by molar-refractivity contribution is 0.0690. The summed E-state index contributed by atoms with van der Waals surface area (Å²) in [6.45, 7) is 0. The summed E-state index contributed by atoms with van der Waals surface area (Å²) < 4.78 is 5.06. The fourth-order valence-electron chi connectivity index (χ4n) is 1.80. The molecule has 0 aliphatic rings. The monoisotopic (exact) mass is 308 g/mol. The zero-order chi connectivity index (χ0) is 14.3. The topological polar surface area (TPSA) is 76.2 Å².